The van der Waals surface area contributed by atoms with Gasteiger partial charge in [0.05, 0.1) is 6.33 Å². The van der Waals surface area contributed by atoms with E-state index in [9.17, 15) is 8.60 Å². The number of fused-ring (bicyclic) bond motifs is 1. The maximum absolute atomic E-state index is 14.0. The van der Waals surface area contributed by atoms with Crippen LogP contribution < -0.4 is 10.0 Å². The van der Waals surface area contributed by atoms with Crippen LogP contribution in [0.4, 0.5) is 15.2 Å². The van der Waals surface area contributed by atoms with Crippen LogP contribution in [-0.2, 0) is 30.8 Å². The maximum Gasteiger partial charge on any atom is 0.312 e. The average molecular weight is 447 g/mol. The van der Waals surface area contributed by atoms with Crippen LogP contribution in [0.15, 0.2) is 48.1 Å². The summed E-state index contributed by atoms with van der Waals surface area (Å²) in [5.41, 5.74) is 3.09. The molecule has 0 spiro atoms. The zero-order valence-corrected chi connectivity index (χ0v) is 17.4. The highest BCUT2D eigenvalue weighted by atomic mass is 32.2. The van der Waals surface area contributed by atoms with Gasteiger partial charge >= 0.3 is 6.08 Å². The number of hydrogen-bond donors (Lipinski definition) is 3. The number of rotatable bonds is 9. The van der Waals surface area contributed by atoms with Gasteiger partial charge in [-0.25, -0.2) is 9.19 Å². The van der Waals surface area contributed by atoms with E-state index < -0.39 is 17.3 Å². The molecular formula is C19H19FN6O2S2. The van der Waals surface area contributed by atoms with Gasteiger partial charge in [-0.05, 0) is 35.4 Å². The fourth-order valence-electron chi connectivity index (χ4n) is 3.09. The smallest absolute Gasteiger partial charge is 0.312 e. The van der Waals surface area contributed by atoms with Gasteiger partial charge in [0.25, 0.3) is 11.3 Å². The monoisotopic (exact) mass is 446 g/mol. The SMILES string of the molecule is O=S(O)Nc1cc(CCCn2cnc3c(NCc4ccccc4)nc(F)nc32)cs1. The third-order valence-electron chi connectivity index (χ3n) is 4.45. The van der Waals surface area contributed by atoms with Crippen molar-refractivity contribution in [2.75, 3.05) is 10.0 Å². The quantitative estimate of drug-likeness (QED) is 0.267. The Balaban J connectivity index is 1.43. The standard InChI is InChI=1S/C19H19FN6O2S2/c20-19-23-17(21-10-13-5-2-1-3-6-13)16-18(24-19)26(12-22-16)8-4-7-14-9-15(29-11-14)25-30(27)28/h1-3,5-6,9,11-12,25H,4,7-8,10H2,(H,27,28)(H,21,23,24). The molecule has 30 heavy (non-hydrogen) atoms. The van der Waals surface area contributed by atoms with Crippen molar-refractivity contribution in [2.45, 2.75) is 25.9 Å². The summed E-state index contributed by atoms with van der Waals surface area (Å²) in [6, 6.07) is 11.6. The van der Waals surface area contributed by atoms with Crippen LogP contribution in [0, 0.1) is 6.08 Å². The zero-order chi connectivity index (χ0) is 20.9. The predicted octanol–water partition coefficient (Wildman–Crippen LogP) is 3.82. The van der Waals surface area contributed by atoms with Gasteiger partial charge in [0.15, 0.2) is 17.0 Å². The Morgan fingerprint density at radius 1 is 1.20 bits per heavy atom. The van der Waals surface area contributed by atoms with Crippen molar-refractivity contribution >= 4 is 44.6 Å². The van der Waals surface area contributed by atoms with E-state index in [1.807, 2.05) is 46.3 Å². The first-order valence-electron chi connectivity index (χ1n) is 9.19. The van der Waals surface area contributed by atoms with Crippen LogP contribution in [0.1, 0.15) is 17.5 Å². The minimum Gasteiger partial charge on any atom is -0.364 e. The van der Waals surface area contributed by atoms with Crippen LogP contribution in [0.5, 0.6) is 0 Å². The summed E-state index contributed by atoms with van der Waals surface area (Å²) in [5, 5.41) is 5.72. The molecular weight excluding hydrogens is 427 g/mol. The molecule has 0 aliphatic heterocycles. The first-order chi connectivity index (χ1) is 14.6. The van der Waals surface area contributed by atoms with Gasteiger partial charge in [-0.2, -0.15) is 14.4 Å². The number of benzene rings is 1. The largest absolute Gasteiger partial charge is 0.364 e. The summed E-state index contributed by atoms with van der Waals surface area (Å²) < 4.78 is 38.0. The number of nitrogens with one attached hydrogen (secondary N) is 2. The lowest BCUT2D eigenvalue weighted by atomic mass is 10.2. The summed E-state index contributed by atoms with van der Waals surface area (Å²) in [6.45, 7) is 1.11. The molecule has 0 radical (unpaired) electrons. The van der Waals surface area contributed by atoms with Gasteiger partial charge in [-0.15, -0.1) is 11.3 Å². The number of anilines is 2. The van der Waals surface area contributed by atoms with Crippen LogP contribution >= 0.6 is 11.3 Å². The zero-order valence-electron chi connectivity index (χ0n) is 15.8. The average Bonchev–Trinajstić information content (AvgIpc) is 3.33. The molecule has 0 fully saturated rings. The Morgan fingerprint density at radius 2 is 2.03 bits per heavy atom. The third-order valence-corrected chi connectivity index (χ3v) is 5.86. The summed E-state index contributed by atoms with van der Waals surface area (Å²) in [6.07, 6.45) is 2.39. The topological polar surface area (TPSA) is 105 Å². The first-order valence-corrected chi connectivity index (χ1v) is 11.2. The molecule has 3 aromatic heterocycles. The van der Waals surface area contributed by atoms with E-state index in [1.165, 1.54) is 11.3 Å². The number of aryl methyl sites for hydroxylation is 2. The highest BCUT2D eigenvalue weighted by Gasteiger charge is 2.13. The van der Waals surface area contributed by atoms with Crippen LogP contribution in [-0.4, -0.2) is 28.3 Å². The number of imidazole rings is 1. The van der Waals surface area contributed by atoms with Crippen molar-refractivity contribution in [1.82, 2.24) is 19.5 Å². The second kappa shape index (κ2) is 9.28. The van der Waals surface area contributed by atoms with E-state index in [0.717, 1.165) is 24.0 Å². The molecule has 3 N–H and O–H groups in total. The van der Waals surface area contributed by atoms with Crippen molar-refractivity contribution in [1.29, 1.82) is 0 Å². The highest BCUT2D eigenvalue weighted by molar-refractivity contribution is 7.80. The molecule has 0 amide bonds. The van der Waals surface area contributed by atoms with Crippen LogP contribution in [0.2, 0.25) is 0 Å². The minimum atomic E-state index is -2.08. The van der Waals surface area contributed by atoms with Gasteiger partial charge < -0.3 is 9.88 Å². The van der Waals surface area contributed by atoms with E-state index in [4.69, 9.17) is 4.55 Å². The number of aromatic nitrogens is 4. The van der Waals surface area contributed by atoms with E-state index in [2.05, 4.69) is 25.0 Å². The van der Waals surface area contributed by atoms with Gasteiger partial charge in [-0.3, -0.25) is 9.27 Å². The summed E-state index contributed by atoms with van der Waals surface area (Å²) >= 11 is -0.701. The Bertz CT molecular complexity index is 1160. The number of nitrogens with zero attached hydrogens (tertiary/aromatic N) is 4. The molecule has 0 aliphatic rings. The van der Waals surface area contributed by atoms with Gasteiger partial charge in [-0.1, -0.05) is 30.3 Å². The molecule has 0 bridgehead atoms. The molecule has 0 aliphatic carbocycles. The van der Waals surface area contributed by atoms with E-state index in [0.29, 0.717) is 35.1 Å². The molecule has 4 rings (SSSR count). The van der Waals surface area contributed by atoms with Crippen molar-refractivity contribution in [2.24, 2.45) is 0 Å². The molecule has 156 valence electrons. The van der Waals surface area contributed by atoms with Crippen molar-refractivity contribution in [3.8, 4) is 0 Å². The van der Waals surface area contributed by atoms with E-state index in [1.54, 1.807) is 6.33 Å². The van der Waals surface area contributed by atoms with Crippen molar-refractivity contribution in [3.63, 3.8) is 0 Å². The molecule has 1 unspecified atom stereocenters. The lowest BCUT2D eigenvalue weighted by molar-refractivity contribution is 0.540. The lowest BCUT2D eigenvalue weighted by Gasteiger charge is -2.07. The second-order valence-corrected chi connectivity index (χ2v) is 8.18. The predicted molar refractivity (Wildman–Crippen MR) is 116 cm³/mol. The van der Waals surface area contributed by atoms with Crippen molar-refractivity contribution in [3.05, 3.63) is 65.3 Å². The Morgan fingerprint density at radius 3 is 2.83 bits per heavy atom. The summed E-state index contributed by atoms with van der Waals surface area (Å²) in [5.74, 6) is 0.366. The molecule has 4 aromatic rings. The fourth-order valence-corrected chi connectivity index (χ4v) is 4.41. The van der Waals surface area contributed by atoms with E-state index in [-0.39, 0.29) is 0 Å². The lowest BCUT2D eigenvalue weighted by Crippen LogP contribution is -2.06. The second-order valence-electron chi connectivity index (χ2n) is 6.56. The molecule has 1 aromatic carbocycles. The normalized spacial score (nSPS) is 12.2. The molecule has 1 atom stereocenters. The fraction of sp³-hybridized carbons (Fsp3) is 0.211. The number of hydrogen-bond acceptors (Lipinski definition) is 6. The Hall–Kier alpha value is -2.89. The maximum atomic E-state index is 14.0. The molecule has 3 heterocycles. The first kappa shape index (κ1) is 20.4. The van der Waals surface area contributed by atoms with Crippen LogP contribution in [0.25, 0.3) is 11.2 Å². The molecule has 8 nitrogen and oxygen atoms in total. The third kappa shape index (κ3) is 4.99. The van der Waals surface area contributed by atoms with Gasteiger partial charge in [0, 0.05) is 13.1 Å². The Labute approximate surface area is 178 Å². The molecule has 11 heteroatoms. The Kier molecular flexibility index (Phi) is 6.31. The number of thiophene rings is 1. The number of halogens is 1. The van der Waals surface area contributed by atoms with Gasteiger partial charge in [0.1, 0.15) is 5.00 Å². The molecule has 0 saturated carbocycles. The van der Waals surface area contributed by atoms with Crippen LogP contribution in [0.3, 0.4) is 0 Å². The molecule has 0 saturated heterocycles. The van der Waals surface area contributed by atoms with Gasteiger partial charge in [0.2, 0.25) is 0 Å². The summed E-state index contributed by atoms with van der Waals surface area (Å²) in [4.78, 5) is 12.2. The minimum absolute atomic E-state index is 0.366. The van der Waals surface area contributed by atoms with Crippen molar-refractivity contribution < 1.29 is 13.2 Å². The van der Waals surface area contributed by atoms with E-state index >= 15 is 0 Å². The highest BCUT2D eigenvalue weighted by Crippen LogP contribution is 2.23. The summed E-state index contributed by atoms with van der Waals surface area (Å²) in [7, 11) is 0.